The zero-order valence-corrected chi connectivity index (χ0v) is 18.7. The number of thiazole rings is 1. The van der Waals surface area contributed by atoms with E-state index in [1.165, 1.54) is 17.8 Å². The summed E-state index contributed by atoms with van der Waals surface area (Å²) in [6.07, 6.45) is 3.59. The van der Waals surface area contributed by atoms with Crippen molar-refractivity contribution in [2.24, 2.45) is 0 Å². The Labute approximate surface area is 191 Å². The van der Waals surface area contributed by atoms with E-state index in [0.29, 0.717) is 17.3 Å². The molecule has 0 aliphatic carbocycles. The Balaban J connectivity index is 1.33. The second-order valence-electron chi connectivity index (χ2n) is 7.63. The van der Waals surface area contributed by atoms with Gasteiger partial charge in [0, 0.05) is 35.6 Å². The Morgan fingerprint density at radius 2 is 1.77 bits per heavy atom. The third kappa shape index (κ3) is 5.51. The number of nitrogens with one attached hydrogen (secondary N) is 1. The number of hydrogen-bond donors (Lipinski definition) is 1. The van der Waals surface area contributed by atoms with Gasteiger partial charge in [0.15, 0.2) is 0 Å². The number of carbonyl (C=O) groups is 2. The van der Waals surface area contributed by atoms with Gasteiger partial charge in [0.25, 0.3) is 5.91 Å². The molecule has 0 atom stereocenters. The average Bonchev–Trinajstić information content (AvgIpc) is 3.30. The summed E-state index contributed by atoms with van der Waals surface area (Å²) in [5.41, 5.74) is 3.31. The van der Waals surface area contributed by atoms with Crippen molar-refractivity contribution in [1.29, 1.82) is 0 Å². The molecular weight excluding hydrogens is 430 g/mol. The van der Waals surface area contributed by atoms with Crippen LogP contribution in [-0.2, 0) is 17.8 Å². The number of carbonyl (C=O) groups excluding carboxylic acids is 2. The molecule has 31 heavy (non-hydrogen) atoms. The summed E-state index contributed by atoms with van der Waals surface area (Å²) in [6, 6.07) is 15.3. The van der Waals surface area contributed by atoms with Crippen LogP contribution in [0.4, 0.5) is 0 Å². The van der Waals surface area contributed by atoms with E-state index in [1.54, 1.807) is 6.07 Å². The topological polar surface area (TPSA) is 62.3 Å². The second kappa shape index (κ2) is 10.1. The van der Waals surface area contributed by atoms with E-state index >= 15 is 0 Å². The average molecular weight is 454 g/mol. The first kappa shape index (κ1) is 21.5. The molecule has 160 valence electrons. The molecule has 3 aromatic rings. The number of aromatic nitrogens is 1. The van der Waals surface area contributed by atoms with Crippen molar-refractivity contribution in [3.8, 4) is 10.6 Å². The van der Waals surface area contributed by atoms with Crippen molar-refractivity contribution in [2.45, 2.75) is 32.2 Å². The monoisotopic (exact) mass is 453 g/mol. The van der Waals surface area contributed by atoms with E-state index in [2.05, 4.69) is 10.3 Å². The largest absolute Gasteiger partial charge is 0.352 e. The van der Waals surface area contributed by atoms with Gasteiger partial charge >= 0.3 is 0 Å². The number of halogens is 1. The number of rotatable bonds is 6. The van der Waals surface area contributed by atoms with Crippen LogP contribution < -0.4 is 5.32 Å². The molecule has 1 aromatic heterocycles. The first-order valence-electron chi connectivity index (χ1n) is 10.4. The number of likely N-dealkylation sites (tertiary alicyclic amines) is 1. The van der Waals surface area contributed by atoms with E-state index in [1.807, 2.05) is 52.7 Å². The number of benzene rings is 2. The van der Waals surface area contributed by atoms with Crippen LogP contribution >= 0.6 is 22.9 Å². The lowest BCUT2D eigenvalue weighted by atomic mass is 10.1. The first-order valence-corrected chi connectivity index (χ1v) is 11.7. The van der Waals surface area contributed by atoms with Gasteiger partial charge in [0.1, 0.15) is 10.7 Å². The fourth-order valence-corrected chi connectivity index (χ4v) is 4.61. The highest BCUT2D eigenvalue weighted by atomic mass is 35.5. The zero-order chi connectivity index (χ0) is 21.6. The minimum absolute atomic E-state index is 0.0278. The van der Waals surface area contributed by atoms with Gasteiger partial charge in [-0.05, 0) is 36.5 Å². The molecule has 0 bridgehead atoms. The van der Waals surface area contributed by atoms with Crippen LogP contribution in [0.2, 0.25) is 5.02 Å². The standard InChI is InChI=1S/C24H24ClN3O2S/c25-20-7-3-2-6-19(20)14-22(29)26-15-17-8-10-18(11-9-17)23-27-21(16-31-23)24(30)28-12-4-1-5-13-28/h2-3,6-11,16H,1,4-5,12-15H2,(H,26,29). The van der Waals surface area contributed by atoms with Gasteiger partial charge in [-0.2, -0.15) is 0 Å². The Hall–Kier alpha value is -2.70. The molecule has 1 fully saturated rings. The van der Waals surface area contributed by atoms with E-state index in [0.717, 1.165) is 47.6 Å². The predicted molar refractivity (Wildman–Crippen MR) is 124 cm³/mol. The second-order valence-corrected chi connectivity index (χ2v) is 8.90. The third-order valence-electron chi connectivity index (χ3n) is 5.37. The molecule has 0 unspecified atom stereocenters. The lowest BCUT2D eigenvalue weighted by molar-refractivity contribution is -0.120. The molecule has 1 aliphatic rings. The molecule has 1 N–H and O–H groups in total. The number of hydrogen-bond acceptors (Lipinski definition) is 4. The normalized spacial score (nSPS) is 13.8. The lowest BCUT2D eigenvalue weighted by Gasteiger charge is -2.25. The Morgan fingerprint density at radius 3 is 2.52 bits per heavy atom. The predicted octanol–water partition coefficient (Wildman–Crippen LogP) is 4.95. The van der Waals surface area contributed by atoms with E-state index in [-0.39, 0.29) is 18.2 Å². The maximum atomic E-state index is 12.6. The number of amides is 2. The summed E-state index contributed by atoms with van der Waals surface area (Å²) < 4.78 is 0. The summed E-state index contributed by atoms with van der Waals surface area (Å²) >= 11 is 7.60. The van der Waals surface area contributed by atoms with Gasteiger partial charge in [-0.15, -0.1) is 11.3 Å². The van der Waals surface area contributed by atoms with Crippen molar-refractivity contribution >= 4 is 34.8 Å². The molecule has 5 nitrogen and oxygen atoms in total. The summed E-state index contributed by atoms with van der Waals surface area (Å²) in [5.74, 6) is -0.0435. The van der Waals surface area contributed by atoms with Crippen molar-refractivity contribution in [3.63, 3.8) is 0 Å². The van der Waals surface area contributed by atoms with Gasteiger partial charge in [-0.1, -0.05) is 54.1 Å². The highest BCUT2D eigenvalue weighted by Crippen LogP contribution is 2.25. The van der Waals surface area contributed by atoms with Crippen LogP contribution in [0.3, 0.4) is 0 Å². The van der Waals surface area contributed by atoms with E-state index < -0.39 is 0 Å². The lowest BCUT2D eigenvalue weighted by Crippen LogP contribution is -2.35. The molecule has 0 spiro atoms. The van der Waals surface area contributed by atoms with Crippen LogP contribution in [0.15, 0.2) is 53.9 Å². The molecular formula is C24H24ClN3O2S. The Kier molecular flexibility index (Phi) is 6.99. The molecule has 1 aliphatic heterocycles. The van der Waals surface area contributed by atoms with Gasteiger partial charge in [-0.3, -0.25) is 9.59 Å². The van der Waals surface area contributed by atoms with E-state index in [9.17, 15) is 9.59 Å². The molecule has 7 heteroatoms. The van der Waals surface area contributed by atoms with Crippen LogP contribution in [0.1, 0.15) is 40.9 Å². The fraction of sp³-hybridized carbons (Fsp3) is 0.292. The first-order chi connectivity index (χ1) is 15.1. The highest BCUT2D eigenvalue weighted by molar-refractivity contribution is 7.13. The highest BCUT2D eigenvalue weighted by Gasteiger charge is 2.20. The summed E-state index contributed by atoms with van der Waals surface area (Å²) in [7, 11) is 0. The minimum Gasteiger partial charge on any atom is -0.352 e. The molecule has 0 radical (unpaired) electrons. The zero-order valence-electron chi connectivity index (χ0n) is 17.1. The summed E-state index contributed by atoms with van der Waals surface area (Å²) in [6.45, 7) is 2.09. The van der Waals surface area contributed by atoms with E-state index in [4.69, 9.17) is 11.6 Å². The van der Waals surface area contributed by atoms with Crippen LogP contribution in [0.5, 0.6) is 0 Å². The van der Waals surface area contributed by atoms with Crippen molar-refractivity contribution in [2.75, 3.05) is 13.1 Å². The smallest absolute Gasteiger partial charge is 0.273 e. The number of nitrogens with zero attached hydrogens (tertiary/aromatic N) is 2. The quantitative estimate of drug-likeness (QED) is 0.574. The SMILES string of the molecule is O=C(Cc1ccccc1Cl)NCc1ccc(-c2nc(C(=O)N3CCCCC3)cs2)cc1. The van der Waals surface area contributed by atoms with Gasteiger partial charge < -0.3 is 10.2 Å². The van der Waals surface area contributed by atoms with Gasteiger partial charge in [-0.25, -0.2) is 4.98 Å². The van der Waals surface area contributed by atoms with Crippen molar-refractivity contribution in [3.05, 3.63) is 75.8 Å². The molecule has 2 amide bonds. The van der Waals surface area contributed by atoms with Crippen LogP contribution in [-0.4, -0.2) is 34.8 Å². The van der Waals surface area contributed by atoms with Crippen LogP contribution in [0, 0.1) is 0 Å². The maximum Gasteiger partial charge on any atom is 0.273 e. The van der Waals surface area contributed by atoms with Crippen molar-refractivity contribution in [1.82, 2.24) is 15.2 Å². The fourth-order valence-electron chi connectivity index (χ4n) is 3.61. The van der Waals surface area contributed by atoms with Crippen molar-refractivity contribution < 1.29 is 9.59 Å². The Bertz CT molecular complexity index is 1060. The van der Waals surface area contributed by atoms with Crippen LogP contribution in [0.25, 0.3) is 10.6 Å². The maximum absolute atomic E-state index is 12.6. The molecule has 1 saturated heterocycles. The molecule has 2 aromatic carbocycles. The summed E-state index contributed by atoms with van der Waals surface area (Å²) in [5, 5.41) is 6.20. The minimum atomic E-state index is -0.0713. The van der Waals surface area contributed by atoms with Gasteiger partial charge in [0.2, 0.25) is 5.91 Å². The summed E-state index contributed by atoms with van der Waals surface area (Å²) in [4.78, 5) is 31.3. The Morgan fingerprint density at radius 1 is 1.03 bits per heavy atom. The third-order valence-corrected chi connectivity index (χ3v) is 6.63. The number of piperidine rings is 1. The van der Waals surface area contributed by atoms with Gasteiger partial charge in [0.05, 0.1) is 6.42 Å². The molecule has 2 heterocycles. The molecule has 4 rings (SSSR count). The molecule has 0 saturated carbocycles.